The summed E-state index contributed by atoms with van der Waals surface area (Å²) in [6.07, 6.45) is 3.47. The third kappa shape index (κ3) is 5.28. The van der Waals surface area contributed by atoms with E-state index in [1.807, 2.05) is 62.4 Å². The normalized spacial score (nSPS) is 11.8. The first-order valence-corrected chi connectivity index (χ1v) is 8.05. The van der Waals surface area contributed by atoms with Gasteiger partial charge >= 0.3 is 6.03 Å². The Labute approximate surface area is 148 Å². The Balaban J connectivity index is 1.92. The first-order chi connectivity index (χ1) is 12.0. The van der Waals surface area contributed by atoms with Crippen LogP contribution in [-0.4, -0.2) is 20.3 Å². The molecular weight excluding hydrogens is 316 g/mol. The second-order valence-corrected chi connectivity index (χ2v) is 5.70. The molecule has 5 heteroatoms. The predicted octanol–water partition coefficient (Wildman–Crippen LogP) is 4.04. The van der Waals surface area contributed by atoms with Gasteiger partial charge in [-0.3, -0.25) is 0 Å². The van der Waals surface area contributed by atoms with Crippen molar-refractivity contribution in [1.82, 2.24) is 10.6 Å². The van der Waals surface area contributed by atoms with Gasteiger partial charge in [-0.1, -0.05) is 35.9 Å². The molecule has 5 nitrogen and oxygen atoms in total. The number of aryl methyl sites for hydroxylation is 1. The minimum Gasteiger partial charge on any atom is -0.493 e. The summed E-state index contributed by atoms with van der Waals surface area (Å²) in [4.78, 5) is 12.0. The van der Waals surface area contributed by atoms with Crippen LogP contribution < -0.4 is 20.1 Å². The van der Waals surface area contributed by atoms with E-state index in [1.54, 1.807) is 20.4 Å². The molecule has 0 aliphatic carbocycles. The highest BCUT2D eigenvalue weighted by molar-refractivity contribution is 5.76. The molecule has 2 amide bonds. The molecule has 0 aliphatic rings. The lowest BCUT2D eigenvalue weighted by atomic mass is 10.1. The lowest BCUT2D eigenvalue weighted by Crippen LogP contribution is -2.34. The lowest BCUT2D eigenvalue weighted by molar-refractivity contribution is 0.241. The van der Waals surface area contributed by atoms with Crippen molar-refractivity contribution in [3.05, 3.63) is 65.4 Å². The fourth-order valence-electron chi connectivity index (χ4n) is 2.33. The Morgan fingerprint density at radius 3 is 2.36 bits per heavy atom. The van der Waals surface area contributed by atoms with Crippen LogP contribution in [0.1, 0.15) is 29.7 Å². The maximum atomic E-state index is 12.0. The third-order valence-electron chi connectivity index (χ3n) is 3.82. The molecule has 25 heavy (non-hydrogen) atoms. The fraction of sp³-hybridized carbons (Fsp3) is 0.250. The van der Waals surface area contributed by atoms with Crippen LogP contribution in [0.25, 0.3) is 6.08 Å². The number of rotatable bonds is 6. The molecule has 0 aliphatic heterocycles. The molecule has 0 saturated carbocycles. The smallest absolute Gasteiger partial charge is 0.319 e. The number of benzene rings is 2. The van der Waals surface area contributed by atoms with E-state index in [1.165, 1.54) is 5.56 Å². The van der Waals surface area contributed by atoms with E-state index >= 15 is 0 Å². The first kappa shape index (κ1) is 18.4. The molecule has 132 valence electrons. The van der Waals surface area contributed by atoms with Crippen LogP contribution >= 0.6 is 0 Å². The van der Waals surface area contributed by atoms with E-state index in [0.29, 0.717) is 11.5 Å². The zero-order chi connectivity index (χ0) is 18.2. The van der Waals surface area contributed by atoms with Crippen LogP contribution in [0, 0.1) is 6.92 Å². The van der Waals surface area contributed by atoms with Gasteiger partial charge in [0.15, 0.2) is 11.5 Å². The Bertz CT molecular complexity index is 739. The van der Waals surface area contributed by atoms with Crippen molar-refractivity contribution in [3.8, 4) is 11.5 Å². The highest BCUT2D eigenvalue weighted by Gasteiger charge is 2.12. The summed E-state index contributed by atoms with van der Waals surface area (Å²) in [6, 6.07) is 13.2. The molecule has 0 bridgehead atoms. The highest BCUT2D eigenvalue weighted by Crippen LogP contribution is 2.29. The molecular formula is C20H24N2O3. The molecule has 0 spiro atoms. The topological polar surface area (TPSA) is 59.6 Å². The summed E-state index contributed by atoms with van der Waals surface area (Å²) in [7, 11) is 3.18. The van der Waals surface area contributed by atoms with E-state index in [2.05, 4.69) is 10.6 Å². The minimum atomic E-state index is -0.273. The highest BCUT2D eigenvalue weighted by atomic mass is 16.5. The molecule has 1 unspecified atom stereocenters. The van der Waals surface area contributed by atoms with Crippen LogP contribution in [0.5, 0.6) is 11.5 Å². The van der Waals surface area contributed by atoms with Gasteiger partial charge in [-0.25, -0.2) is 4.79 Å². The summed E-state index contributed by atoms with van der Waals surface area (Å²) < 4.78 is 10.5. The minimum absolute atomic E-state index is 0.174. The number of ether oxygens (including phenoxy) is 2. The van der Waals surface area contributed by atoms with Crippen LogP contribution in [0.15, 0.2) is 48.7 Å². The van der Waals surface area contributed by atoms with E-state index in [9.17, 15) is 4.79 Å². The van der Waals surface area contributed by atoms with Crippen LogP contribution in [0.2, 0.25) is 0 Å². The maximum absolute atomic E-state index is 12.0. The maximum Gasteiger partial charge on any atom is 0.319 e. The summed E-state index contributed by atoms with van der Waals surface area (Å²) in [6.45, 7) is 3.94. The van der Waals surface area contributed by atoms with Gasteiger partial charge in [-0.2, -0.15) is 0 Å². The van der Waals surface area contributed by atoms with Crippen molar-refractivity contribution in [1.29, 1.82) is 0 Å². The van der Waals surface area contributed by atoms with Crippen molar-refractivity contribution in [2.45, 2.75) is 19.9 Å². The van der Waals surface area contributed by atoms with Crippen molar-refractivity contribution >= 4 is 12.1 Å². The molecule has 0 radical (unpaired) electrons. The number of carbonyl (C=O) groups excluding carboxylic acids is 1. The van der Waals surface area contributed by atoms with Gasteiger partial charge < -0.3 is 20.1 Å². The summed E-state index contributed by atoms with van der Waals surface area (Å²) >= 11 is 0. The molecule has 2 aromatic rings. The number of urea groups is 1. The Hall–Kier alpha value is -2.95. The molecule has 1 atom stereocenters. The Morgan fingerprint density at radius 1 is 1.04 bits per heavy atom. The molecule has 0 heterocycles. The van der Waals surface area contributed by atoms with Crippen LogP contribution in [-0.2, 0) is 0 Å². The van der Waals surface area contributed by atoms with Crippen LogP contribution in [0.4, 0.5) is 4.79 Å². The average molecular weight is 340 g/mol. The predicted molar refractivity (Wildman–Crippen MR) is 99.8 cm³/mol. The van der Waals surface area contributed by atoms with Gasteiger partial charge in [0.1, 0.15) is 0 Å². The lowest BCUT2D eigenvalue weighted by Gasteiger charge is -2.16. The zero-order valence-electron chi connectivity index (χ0n) is 15.0. The first-order valence-electron chi connectivity index (χ1n) is 8.05. The number of hydrogen-bond donors (Lipinski definition) is 2. The standard InChI is InChI=1S/C20H24N2O3/c1-14-5-7-16(8-6-14)11-12-21-20(23)22-15(2)17-9-10-18(24-3)19(13-17)25-4/h5-13,15H,1-4H3,(H2,21,22,23)/b12-11+. The van der Waals surface area contributed by atoms with E-state index in [0.717, 1.165) is 11.1 Å². The van der Waals surface area contributed by atoms with E-state index < -0.39 is 0 Å². The summed E-state index contributed by atoms with van der Waals surface area (Å²) in [5.41, 5.74) is 3.15. The van der Waals surface area contributed by atoms with Crippen molar-refractivity contribution in [2.24, 2.45) is 0 Å². The van der Waals surface area contributed by atoms with Gasteiger partial charge in [0.05, 0.1) is 20.3 Å². The molecule has 2 N–H and O–H groups in total. The van der Waals surface area contributed by atoms with E-state index in [4.69, 9.17) is 9.47 Å². The average Bonchev–Trinajstić information content (AvgIpc) is 2.62. The molecule has 0 saturated heterocycles. The van der Waals surface area contributed by atoms with Crippen molar-refractivity contribution in [2.75, 3.05) is 14.2 Å². The number of nitrogens with one attached hydrogen (secondary N) is 2. The summed E-state index contributed by atoms with van der Waals surface area (Å²) in [5.74, 6) is 1.29. The van der Waals surface area contributed by atoms with Gasteiger partial charge in [-0.05, 0) is 43.2 Å². The van der Waals surface area contributed by atoms with Crippen LogP contribution in [0.3, 0.4) is 0 Å². The monoisotopic (exact) mass is 340 g/mol. The Kier molecular flexibility index (Phi) is 6.46. The van der Waals surface area contributed by atoms with Gasteiger partial charge in [0, 0.05) is 6.20 Å². The Morgan fingerprint density at radius 2 is 1.72 bits per heavy atom. The molecule has 0 fully saturated rings. The molecule has 0 aromatic heterocycles. The zero-order valence-corrected chi connectivity index (χ0v) is 15.0. The fourth-order valence-corrected chi connectivity index (χ4v) is 2.33. The number of amides is 2. The third-order valence-corrected chi connectivity index (χ3v) is 3.82. The largest absolute Gasteiger partial charge is 0.493 e. The second-order valence-electron chi connectivity index (χ2n) is 5.70. The second kappa shape index (κ2) is 8.78. The number of carbonyl (C=O) groups is 1. The SMILES string of the molecule is COc1ccc(C(C)NC(=O)N/C=C/c2ccc(C)cc2)cc1OC. The van der Waals surface area contributed by atoms with Crippen molar-refractivity contribution in [3.63, 3.8) is 0 Å². The number of hydrogen-bond acceptors (Lipinski definition) is 3. The van der Waals surface area contributed by atoms with Gasteiger partial charge in [0.25, 0.3) is 0 Å². The van der Waals surface area contributed by atoms with E-state index in [-0.39, 0.29) is 12.1 Å². The molecule has 2 aromatic carbocycles. The quantitative estimate of drug-likeness (QED) is 0.834. The van der Waals surface area contributed by atoms with Crippen molar-refractivity contribution < 1.29 is 14.3 Å². The molecule has 2 rings (SSSR count). The summed E-state index contributed by atoms with van der Waals surface area (Å²) in [5, 5.41) is 5.59. The van der Waals surface area contributed by atoms with Gasteiger partial charge in [-0.15, -0.1) is 0 Å². The van der Waals surface area contributed by atoms with Gasteiger partial charge in [0.2, 0.25) is 0 Å². The number of methoxy groups -OCH3 is 2.